The molecule has 1 aromatic carbocycles. The standard InChI is InChI=1S/C13H22N2S/c1-4-12(10-16-3)15(2)13-7-5-11(9-14)6-8-13/h5-8,12H,4,9-10,14H2,1-3H3. The molecule has 0 saturated carbocycles. The Morgan fingerprint density at radius 2 is 1.94 bits per heavy atom. The average Bonchev–Trinajstić information content (AvgIpc) is 2.35. The molecule has 0 amide bonds. The normalized spacial score (nSPS) is 12.5. The van der Waals surface area contributed by atoms with Crippen LogP contribution in [-0.4, -0.2) is 25.1 Å². The van der Waals surface area contributed by atoms with E-state index >= 15 is 0 Å². The van der Waals surface area contributed by atoms with Gasteiger partial charge in [0.15, 0.2) is 0 Å². The Balaban J connectivity index is 2.73. The van der Waals surface area contributed by atoms with Crippen molar-refractivity contribution in [2.45, 2.75) is 25.9 Å². The number of hydrogen-bond donors (Lipinski definition) is 1. The first-order valence-electron chi connectivity index (χ1n) is 5.73. The number of hydrogen-bond acceptors (Lipinski definition) is 3. The first-order valence-corrected chi connectivity index (χ1v) is 7.13. The molecule has 0 saturated heterocycles. The molecule has 2 N–H and O–H groups in total. The van der Waals surface area contributed by atoms with E-state index in [1.54, 1.807) is 0 Å². The fraction of sp³-hybridized carbons (Fsp3) is 0.538. The molecule has 0 bridgehead atoms. The molecule has 0 aromatic heterocycles. The van der Waals surface area contributed by atoms with Gasteiger partial charge in [-0.15, -0.1) is 0 Å². The molecule has 2 nitrogen and oxygen atoms in total. The molecule has 0 spiro atoms. The maximum Gasteiger partial charge on any atom is 0.0374 e. The first-order chi connectivity index (χ1) is 7.72. The number of rotatable bonds is 6. The van der Waals surface area contributed by atoms with Gasteiger partial charge in [-0.05, 0) is 30.4 Å². The highest BCUT2D eigenvalue weighted by Crippen LogP contribution is 2.19. The highest BCUT2D eigenvalue weighted by molar-refractivity contribution is 7.98. The lowest BCUT2D eigenvalue weighted by molar-refractivity contribution is 0.673. The molecular formula is C13H22N2S. The second-order valence-corrected chi connectivity index (χ2v) is 4.91. The summed E-state index contributed by atoms with van der Waals surface area (Å²) < 4.78 is 0. The third kappa shape index (κ3) is 3.42. The summed E-state index contributed by atoms with van der Waals surface area (Å²) in [7, 11) is 2.17. The summed E-state index contributed by atoms with van der Waals surface area (Å²) in [6.45, 7) is 2.86. The topological polar surface area (TPSA) is 29.3 Å². The maximum absolute atomic E-state index is 5.59. The molecule has 0 aliphatic rings. The van der Waals surface area contributed by atoms with Gasteiger partial charge in [0.2, 0.25) is 0 Å². The van der Waals surface area contributed by atoms with E-state index in [-0.39, 0.29) is 0 Å². The minimum Gasteiger partial charge on any atom is -0.371 e. The van der Waals surface area contributed by atoms with E-state index in [4.69, 9.17) is 5.73 Å². The van der Waals surface area contributed by atoms with Gasteiger partial charge in [-0.1, -0.05) is 19.1 Å². The van der Waals surface area contributed by atoms with Crippen LogP contribution in [0.1, 0.15) is 18.9 Å². The van der Waals surface area contributed by atoms with Gasteiger partial charge in [-0.2, -0.15) is 11.8 Å². The van der Waals surface area contributed by atoms with Gasteiger partial charge < -0.3 is 10.6 Å². The van der Waals surface area contributed by atoms with E-state index < -0.39 is 0 Å². The number of nitrogens with zero attached hydrogens (tertiary/aromatic N) is 1. The molecule has 0 aliphatic carbocycles. The molecule has 1 aromatic rings. The summed E-state index contributed by atoms with van der Waals surface area (Å²) in [5.41, 5.74) is 8.06. The summed E-state index contributed by atoms with van der Waals surface area (Å²) >= 11 is 1.90. The average molecular weight is 238 g/mol. The Bertz CT molecular complexity index is 297. The van der Waals surface area contributed by atoms with Gasteiger partial charge in [0, 0.05) is 31.1 Å². The minimum absolute atomic E-state index is 0.610. The number of nitrogens with two attached hydrogens (primary N) is 1. The Morgan fingerprint density at radius 1 is 1.31 bits per heavy atom. The summed E-state index contributed by atoms with van der Waals surface area (Å²) in [5.74, 6) is 1.17. The molecule has 1 atom stereocenters. The predicted molar refractivity (Wildman–Crippen MR) is 75.2 cm³/mol. The summed E-state index contributed by atoms with van der Waals surface area (Å²) in [4.78, 5) is 2.36. The van der Waals surface area contributed by atoms with E-state index in [1.807, 2.05) is 11.8 Å². The lowest BCUT2D eigenvalue weighted by Crippen LogP contribution is -2.33. The highest BCUT2D eigenvalue weighted by Gasteiger charge is 2.12. The zero-order valence-corrected chi connectivity index (χ0v) is 11.3. The SMILES string of the molecule is CCC(CSC)N(C)c1ccc(CN)cc1. The van der Waals surface area contributed by atoms with Crippen molar-refractivity contribution >= 4 is 17.4 Å². The van der Waals surface area contributed by atoms with Crippen molar-refractivity contribution in [3.8, 4) is 0 Å². The van der Waals surface area contributed by atoms with E-state index in [2.05, 4.69) is 49.4 Å². The van der Waals surface area contributed by atoms with Gasteiger partial charge in [-0.25, -0.2) is 0 Å². The summed E-state index contributed by atoms with van der Waals surface area (Å²) in [6.07, 6.45) is 3.34. The number of thioether (sulfide) groups is 1. The van der Waals surface area contributed by atoms with Crippen LogP contribution in [0, 0.1) is 0 Å². The highest BCUT2D eigenvalue weighted by atomic mass is 32.2. The van der Waals surface area contributed by atoms with Crippen molar-refractivity contribution in [3.05, 3.63) is 29.8 Å². The van der Waals surface area contributed by atoms with Crippen molar-refractivity contribution < 1.29 is 0 Å². The van der Waals surface area contributed by atoms with Crippen molar-refractivity contribution in [1.29, 1.82) is 0 Å². The van der Waals surface area contributed by atoms with Crippen LogP contribution in [0.15, 0.2) is 24.3 Å². The quantitative estimate of drug-likeness (QED) is 0.826. The molecule has 16 heavy (non-hydrogen) atoms. The van der Waals surface area contributed by atoms with E-state index in [9.17, 15) is 0 Å². The van der Waals surface area contributed by atoms with Gasteiger partial charge in [0.05, 0.1) is 0 Å². The second kappa shape index (κ2) is 6.81. The minimum atomic E-state index is 0.610. The second-order valence-electron chi connectivity index (χ2n) is 4.00. The van der Waals surface area contributed by atoms with Gasteiger partial charge in [0.25, 0.3) is 0 Å². The van der Waals surface area contributed by atoms with Crippen LogP contribution in [0.4, 0.5) is 5.69 Å². The third-order valence-electron chi connectivity index (χ3n) is 2.96. The van der Waals surface area contributed by atoms with Gasteiger partial charge in [-0.3, -0.25) is 0 Å². The predicted octanol–water partition coefficient (Wildman–Crippen LogP) is 2.72. The summed E-state index contributed by atoms with van der Waals surface area (Å²) in [5, 5.41) is 0. The van der Waals surface area contributed by atoms with Crippen LogP contribution < -0.4 is 10.6 Å². The lowest BCUT2D eigenvalue weighted by Gasteiger charge is -2.29. The van der Waals surface area contributed by atoms with E-state index in [1.165, 1.54) is 23.4 Å². The zero-order chi connectivity index (χ0) is 12.0. The van der Waals surface area contributed by atoms with E-state index in [0.717, 1.165) is 0 Å². The molecule has 0 aliphatic heterocycles. The Labute approximate surface area is 103 Å². The van der Waals surface area contributed by atoms with Crippen LogP contribution in [0.2, 0.25) is 0 Å². The first kappa shape index (κ1) is 13.4. The van der Waals surface area contributed by atoms with Crippen LogP contribution in [-0.2, 0) is 6.54 Å². The van der Waals surface area contributed by atoms with Crippen LogP contribution >= 0.6 is 11.8 Å². The molecule has 3 heteroatoms. The molecule has 0 fully saturated rings. The molecule has 0 radical (unpaired) electrons. The fourth-order valence-electron chi connectivity index (χ4n) is 1.77. The maximum atomic E-state index is 5.59. The van der Waals surface area contributed by atoms with Crippen molar-refractivity contribution in [2.75, 3.05) is 24.0 Å². The molecule has 0 heterocycles. The molecular weight excluding hydrogens is 216 g/mol. The monoisotopic (exact) mass is 238 g/mol. The van der Waals surface area contributed by atoms with Crippen molar-refractivity contribution in [2.24, 2.45) is 5.73 Å². The van der Waals surface area contributed by atoms with E-state index in [0.29, 0.717) is 12.6 Å². The fourth-order valence-corrected chi connectivity index (χ4v) is 2.62. The van der Waals surface area contributed by atoms with Crippen LogP contribution in [0.5, 0.6) is 0 Å². The zero-order valence-electron chi connectivity index (χ0n) is 10.4. The van der Waals surface area contributed by atoms with Crippen molar-refractivity contribution in [3.63, 3.8) is 0 Å². The summed E-state index contributed by atoms with van der Waals surface area (Å²) in [6, 6.07) is 9.14. The van der Waals surface area contributed by atoms with Gasteiger partial charge in [0.1, 0.15) is 0 Å². The molecule has 1 unspecified atom stereocenters. The lowest BCUT2D eigenvalue weighted by atomic mass is 10.1. The molecule has 90 valence electrons. The van der Waals surface area contributed by atoms with Crippen LogP contribution in [0.3, 0.4) is 0 Å². The smallest absolute Gasteiger partial charge is 0.0374 e. The molecule has 1 rings (SSSR count). The number of anilines is 1. The Hall–Kier alpha value is -0.670. The van der Waals surface area contributed by atoms with Gasteiger partial charge >= 0.3 is 0 Å². The number of benzene rings is 1. The Kier molecular flexibility index (Phi) is 5.71. The largest absolute Gasteiger partial charge is 0.371 e. The Morgan fingerprint density at radius 3 is 2.38 bits per heavy atom. The third-order valence-corrected chi connectivity index (χ3v) is 3.68. The van der Waals surface area contributed by atoms with Crippen molar-refractivity contribution in [1.82, 2.24) is 0 Å². The van der Waals surface area contributed by atoms with Crippen LogP contribution in [0.25, 0.3) is 0 Å².